The van der Waals surface area contributed by atoms with Crippen molar-refractivity contribution in [3.05, 3.63) is 76.7 Å². The predicted molar refractivity (Wildman–Crippen MR) is 100 cm³/mol. The fraction of sp³-hybridized carbons (Fsp3) is 0. The smallest absolute Gasteiger partial charge is 0.291 e. The molecule has 1 aromatic heterocycles. The number of anilines is 2. The third-order valence-corrected chi connectivity index (χ3v) is 5.06. The molecule has 0 unspecified atom stereocenters. The topological polar surface area (TPSA) is 88.4 Å². The van der Waals surface area contributed by atoms with Crippen molar-refractivity contribution in [2.75, 3.05) is 10.0 Å². The summed E-state index contributed by atoms with van der Waals surface area (Å²) in [7, 11) is -3.90. The largest absolute Gasteiger partial charge is 0.459 e. The fourth-order valence-corrected chi connectivity index (χ4v) is 3.93. The Morgan fingerprint density at radius 2 is 1.62 bits per heavy atom. The quantitative estimate of drug-likeness (QED) is 0.640. The number of rotatable bonds is 5. The summed E-state index contributed by atoms with van der Waals surface area (Å²) >= 11 is 11.7. The molecular formula is C17H12Cl2N2O4S. The van der Waals surface area contributed by atoms with Gasteiger partial charge >= 0.3 is 0 Å². The first-order valence-corrected chi connectivity index (χ1v) is 9.51. The van der Waals surface area contributed by atoms with Crippen LogP contribution in [0, 0.1) is 0 Å². The molecule has 0 aliphatic rings. The van der Waals surface area contributed by atoms with Gasteiger partial charge in [0.25, 0.3) is 15.9 Å². The zero-order chi connectivity index (χ0) is 18.7. The Balaban J connectivity index is 1.81. The van der Waals surface area contributed by atoms with Gasteiger partial charge in [-0.25, -0.2) is 8.42 Å². The molecule has 0 fully saturated rings. The molecule has 2 aromatic carbocycles. The lowest BCUT2D eigenvalue weighted by atomic mass is 10.3. The third-order valence-electron chi connectivity index (χ3n) is 3.26. The van der Waals surface area contributed by atoms with E-state index in [4.69, 9.17) is 27.6 Å². The van der Waals surface area contributed by atoms with E-state index in [9.17, 15) is 13.2 Å². The minimum atomic E-state index is -3.90. The van der Waals surface area contributed by atoms with Gasteiger partial charge in [0.1, 0.15) is 0 Å². The van der Waals surface area contributed by atoms with Gasteiger partial charge in [-0.2, -0.15) is 0 Å². The lowest BCUT2D eigenvalue weighted by Gasteiger charge is -2.10. The molecular weight excluding hydrogens is 399 g/mol. The van der Waals surface area contributed by atoms with E-state index in [2.05, 4.69) is 10.0 Å². The van der Waals surface area contributed by atoms with Crippen molar-refractivity contribution >= 4 is 50.5 Å². The van der Waals surface area contributed by atoms with Crippen molar-refractivity contribution in [3.8, 4) is 0 Å². The van der Waals surface area contributed by atoms with Crippen LogP contribution in [0.4, 0.5) is 11.4 Å². The van der Waals surface area contributed by atoms with E-state index in [0.29, 0.717) is 5.69 Å². The zero-order valence-electron chi connectivity index (χ0n) is 13.1. The molecule has 0 saturated heterocycles. The second-order valence-corrected chi connectivity index (χ2v) is 7.78. The van der Waals surface area contributed by atoms with Crippen LogP contribution in [0.5, 0.6) is 0 Å². The van der Waals surface area contributed by atoms with Crippen molar-refractivity contribution in [3.63, 3.8) is 0 Å². The minimum absolute atomic E-state index is 0.0694. The molecule has 0 aliphatic carbocycles. The molecule has 26 heavy (non-hydrogen) atoms. The van der Waals surface area contributed by atoms with Gasteiger partial charge in [-0.05, 0) is 48.5 Å². The summed E-state index contributed by atoms with van der Waals surface area (Å²) in [6.45, 7) is 0. The molecule has 1 amide bonds. The highest BCUT2D eigenvalue weighted by Gasteiger charge is 2.16. The van der Waals surface area contributed by atoms with E-state index in [1.165, 1.54) is 36.6 Å². The average Bonchev–Trinajstić information content (AvgIpc) is 3.08. The van der Waals surface area contributed by atoms with Crippen LogP contribution in [-0.2, 0) is 10.0 Å². The third kappa shape index (κ3) is 4.37. The highest BCUT2D eigenvalue weighted by atomic mass is 35.5. The molecule has 9 heteroatoms. The summed E-state index contributed by atoms with van der Waals surface area (Å²) in [5.74, 6) is -0.304. The van der Waals surface area contributed by atoms with Gasteiger partial charge in [-0.15, -0.1) is 0 Å². The van der Waals surface area contributed by atoms with Crippen molar-refractivity contribution in [2.45, 2.75) is 4.90 Å². The van der Waals surface area contributed by atoms with Crippen LogP contribution in [0.25, 0.3) is 0 Å². The van der Waals surface area contributed by atoms with Crippen LogP contribution in [-0.4, -0.2) is 14.3 Å². The zero-order valence-corrected chi connectivity index (χ0v) is 15.4. The first-order valence-electron chi connectivity index (χ1n) is 7.27. The van der Waals surface area contributed by atoms with Crippen LogP contribution in [0.3, 0.4) is 0 Å². The van der Waals surface area contributed by atoms with Crippen LogP contribution < -0.4 is 10.0 Å². The second-order valence-electron chi connectivity index (χ2n) is 5.22. The first kappa shape index (κ1) is 18.3. The Bertz CT molecular complexity index is 1030. The summed E-state index contributed by atoms with van der Waals surface area (Å²) in [6.07, 6.45) is 1.38. The standard InChI is InChI=1S/C17H12Cl2N2O4S/c18-11-7-12(19)9-15(8-11)26(23,24)21-14-4-1-3-13(10-14)20-17(22)16-5-2-6-25-16/h1-10,21H,(H,20,22). The number of hydrogen-bond acceptors (Lipinski definition) is 4. The number of hydrogen-bond donors (Lipinski definition) is 2. The Labute approximate surface area is 159 Å². The monoisotopic (exact) mass is 410 g/mol. The lowest BCUT2D eigenvalue weighted by molar-refractivity contribution is 0.0996. The van der Waals surface area contributed by atoms with E-state index in [0.717, 1.165) is 0 Å². The van der Waals surface area contributed by atoms with E-state index in [1.54, 1.807) is 24.3 Å². The Hall–Kier alpha value is -2.48. The van der Waals surface area contributed by atoms with Gasteiger partial charge in [0.05, 0.1) is 16.8 Å². The number of amides is 1. The van der Waals surface area contributed by atoms with Gasteiger partial charge in [-0.3, -0.25) is 9.52 Å². The van der Waals surface area contributed by atoms with Gasteiger partial charge in [0.15, 0.2) is 5.76 Å². The van der Waals surface area contributed by atoms with Gasteiger partial charge in [0.2, 0.25) is 0 Å². The summed E-state index contributed by atoms with van der Waals surface area (Å²) < 4.78 is 32.4. The average molecular weight is 411 g/mol. The second kappa shape index (κ2) is 7.41. The van der Waals surface area contributed by atoms with Gasteiger partial charge < -0.3 is 9.73 Å². The number of halogens is 2. The molecule has 1 heterocycles. The molecule has 0 aliphatic heterocycles. The molecule has 134 valence electrons. The number of benzene rings is 2. The number of sulfonamides is 1. The maximum Gasteiger partial charge on any atom is 0.291 e. The number of nitrogens with one attached hydrogen (secondary N) is 2. The maximum absolute atomic E-state index is 12.5. The van der Waals surface area contributed by atoms with Gasteiger partial charge in [-0.1, -0.05) is 29.3 Å². The van der Waals surface area contributed by atoms with Crippen LogP contribution in [0.15, 0.2) is 70.2 Å². The Kier molecular flexibility index (Phi) is 5.22. The summed E-state index contributed by atoms with van der Waals surface area (Å²) in [5.41, 5.74) is 0.661. The summed E-state index contributed by atoms with van der Waals surface area (Å²) in [4.78, 5) is 11.9. The molecule has 3 rings (SSSR count). The predicted octanol–water partition coefficient (Wildman–Crippen LogP) is 4.64. The van der Waals surface area contributed by atoms with E-state index in [-0.39, 0.29) is 26.4 Å². The van der Waals surface area contributed by atoms with Crippen molar-refractivity contribution in [1.82, 2.24) is 0 Å². The molecule has 0 radical (unpaired) electrons. The molecule has 6 nitrogen and oxygen atoms in total. The SMILES string of the molecule is O=C(Nc1cccc(NS(=O)(=O)c2cc(Cl)cc(Cl)c2)c1)c1ccco1. The van der Waals surface area contributed by atoms with E-state index < -0.39 is 15.9 Å². The molecule has 0 bridgehead atoms. The molecule has 2 N–H and O–H groups in total. The summed E-state index contributed by atoms with van der Waals surface area (Å²) in [6, 6.07) is 13.4. The highest BCUT2D eigenvalue weighted by Crippen LogP contribution is 2.25. The summed E-state index contributed by atoms with van der Waals surface area (Å²) in [5, 5.41) is 3.03. The number of furan rings is 1. The van der Waals surface area contributed by atoms with Crippen molar-refractivity contribution < 1.29 is 17.6 Å². The van der Waals surface area contributed by atoms with E-state index in [1.807, 2.05) is 0 Å². The lowest BCUT2D eigenvalue weighted by Crippen LogP contribution is -2.14. The van der Waals surface area contributed by atoms with Crippen LogP contribution in [0.1, 0.15) is 10.6 Å². The molecule has 0 spiro atoms. The Morgan fingerprint density at radius 1 is 0.923 bits per heavy atom. The maximum atomic E-state index is 12.5. The molecule has 3 aromatic rings. The normalized spacial score (nSPS) is 11.2. The minimum Gasteiger partial charge on any atom is -0.459 e. The van der Waals surface area contributed by atoms with Crippen molar-refractivity contribution in [2.24, 2.45) is 0 Å². The molecule has 0 atom stereocenters. The van der Waals surface area contributed by atoms with Crippen molar-refractivity contribution in [1.29, 1.82) is 0 Å². The molecule has 0 saturated carbocycles. The van der Waals surface area contributed by atoms with Gasteiger partial charge in [0, 0.05) is 15.7 Å². The van der Waals surface area contributed by atoms with Crippen LogP contribution in [0.2, 0.25) is 10.0 Å². The Morgan fingerprint density at radius 3 is 2.27 bits per heavy atom. The first-order chi connectivity index (χ1) is 12.3. The van der Waals surface area contributed by atoms with E-state index >= 15 is 0 Å². The highest BCUT2D eigenvalue weighted by molar-refractivity contribution is 7.92. The van der Waals surface area contributed by atoms with Crippen LogP contribution >= 0.6 is 23.2 Å². The fourth-order valence-electron chi connectivity index (χ4n) is 2.16. The number of carbonyl (C=O) groups excluding carboxylic acids is 1. The number of carbonyl (C=O) groups is 1.